The maximum absolute atomic E-state index is 9.51. The highest BCUT2D eigenvalue weighted by Crippen LogP contribution is 2.19. The van der Waals surface area contributed by atoms with Crippen molar-refractivity contribution in [3.8, 4) is 0 Å². The molecule has 1 fully saturated rings. The molecule has 1 heterocycles. The lowest BCUT2D eigenvalue weighted by Gasteiger charge is -2.14. The Hall–Kier alpha value is -0.200. The van der Waals surface area contributed by atoms with E-state index < -0.39 is 24.6 Å². The molecule has 1 aliphatic heterocycles. The van der Waals surface area contributed by atoms with Crippen molar-refractivity contribution < 1.29 is 24.8 Å². The largest absolute Gasteiger partial charge is 0.387 e. The summed E-state index contributed by atoms with van der Waals surface area (Å²) in [5.74, 6) is 0. The molecule has 0 aromatic rings. The zero-order valence-corrected chi connectivity index (χ0v) is 11.1. The summed E-state index contributed by atoms with van der Waals surface area (Å²) in [4.78, 5) is 0. The van der Waals surface area contributed by atoms with Gasteiger partial charge in [0.25, 0.3) is 0 Å². The molecule has 0 bridgehead atoms. The van der Waals surface area contributed by atoms with Crippen LogP contribution in [0.2, 0.25) is 0 Å². The van der Waals surface area contributed by atoms with Gasteiger partial charge < -0.3 is 24.8 Å². The van der Waals surface area contributed by atoms with Crippen molar-refractivity contribution in [2.75, 3.05) is 13.2 Å². The molecule has 0 aliphatic carbocycles. The minimum Gasteiger partial charge on any atom is -0.387 e. The van der Waals surface area contributed by atoms with Gasteiger partial charge in [-0.1, -0.05) is 39.0 Å². The van der Waals surface area contributed by atoms with E-state index in [-0.39, 0.29) is 6.61 Å². The molecule has 0 radical (unpaired) electrons. The Balaban J connectivity index is 1.95. The summed E-state index contributed by atoms with van der Waals surface area (Å²) in [5, 5.41) is 28.0. The molecule has 0 aromatic heterocycles. The maximum atomic E-state index is 9.51. The molecule has 1 rings (SSSR count). The topological polar surface area (TPSA) is 79.2 Å². The molecule has 3 N–H and O–H groups in total. The van der Waals surface area contributed by atoms with Gasteiger partial charge in [0.2, 0.25) is 0 Å². The zero-order valence-electron chi connectivity index (χ0n) is 11.1. The van der Waals surface area contributed by atoms with E-state index in [1.165, 1.54) is 25.7 Å². The molecule has 5 nitrogen and oxygen atoms in total. The Bertz CT molecular complexity index is 212. The molecule has 0 amide bonds. The van der Waals surface area contributed by atoms with E-state index in [4.69, 9.17) is 9.47 Å². The summed E-state index contributed by atoms with van der Waals surface area (Å²) in [7, 11) is 0. The van der Waals surface area contributed by atoms with Crippen LogP contribution in [0.15, 0.2) is 0 Å². The highest BCUT2D eigenvalue weighted by molar-refractivity contribution is 4.85. The van der Waals surface area contributed by atoms with Crippen LogP contribution < -0.4 is 0 Å². The number of ether oxygens (including phenoxy) is 2. The second kappa shape index (κ2) is 8.82. The van der Waals surface area contributed by atoms with Gasteiger partial charge in [0, 0.05) is 6.61 Å². The van der Waals surface area contributed by atoms with E-state index in [9.17, 15) is 15.3 Å². The molecular formula is C13H26O5. The minimum atomic E-state index is -1.30. The minimum absolute atomic E-state index is 0.213. The molecule has 0 spiro atoms. The second-order valence-corrected chi connectivity index (χ2v) is 4.89. The number of aliphatic hydroxyl groups is 3. The van der Waals surface area contributed by atoms with Crippen LogP contribution in [-0.2, 0) is 9.47 Å². The average molecular weight is 262 g/mol. The van der Waals surface area contributed by atoms with Crippen LogP contribution in [0.25, 0.3) is 0 Å². The van der Waals surface area contributed by atoms with Gasteiger partial charge in [-0.15, -0.1) is 0 Å². The molecule has 0 aromatic carbocycles. The highest BCUT2D eigenvalue weighted by Gasteiger charge is 2.41. The van der Waals surface area contributed by atoms with Crippen LogP contribution >= 0.6 is 0 Å². The molecule has 0 saturated carbocycles. The van der Waals surface area contributed by atoms with Crippen LogP contribution in [-0.4, -0.2) is 53.1 Å². The van der Waals surface area contributed by atoms with Gasteiger partial charge in [-0.25, -0.2) is 0 Å². The molecule has 108 valence electrons. The third-order valence-corrected chi connectivity index (χ3v) is 3.26. The van der Waals surface area contributed by atoms with Crippen molar-refractivity contribution in [3.63, 3.8) is 0 Å². The molecular weight excluding hydrogens is 236 g/mol. The monoisotopic (exact) mass is 262 g/mol. The summed E-state index contributed by atoms with van der Waals surface area (Å²) < 4.78 is 10.4. The molecule has 1 unspecified atom stereocenters. The van der Waals surface area contributed by atoms with Gasteiger partial charge in [0.05, 0.1) is 6.61 Å². The lowest BCUT2D eigenvalue weighted by molar-refractivity contribution is -0.137. The maximum Gasteiger partial charge on any atom is 0.184 e. The lowest BCUT2D eigenvalue weighted by Crippen LogP contribution is -2.34. The summed E-state index contributed by atoms with van der Waals surface area (Å²) in [6.45, 7) is 3.04. The first-order valence-corrected chi connectivity index (χ1v) is 6.94. The Morgan fingerprint density at radius 3 is 2.22 bits per heavy atom. The van der Waals surface area contributed by atoms with Crippen molar-refractivity contribution in [2.24, 2.45) is 0 Å². The van der Waals surface area contributed by atoms with E-state index in [0.29, 0.717) is 6.61 Å². The zero-order chi connectivity index (χ0) is 13.4. The van der Waals surface area contributed by atoms with E-state index in [1.54, 1.807) is 0 Å². The fourth-order valence-corrected chi connectivity index (χ4v) is 2.05. The van der Waals surface area contributed by atoms with Gasteiger partial charge in [0.15, 0.2) is 6.29 Å². The first kappa shape index (κ1) is 15.9. The van der Waals surface area contributed by atoms with Crippen molar-refractivity contribution in [1.29, 1.82) is 0 Å². The number of hydrogen-bond donors (Lipinski definition) is 3. The normalized spacial score (nSPS) is 32.0. The Kier molecular flexibility index (Phi) is 7.77. The second-order valence-electron chi connectivity index (χ2n) is 4.89. The summed E-state index contributed by atoms with van der Waals surface area (Å²) >= 11 is 0. The standard InChI is InChI=1S/C13H26O5/c1-2-3-4-5-6-7-8-17-9-10-11(14)12(15)13(16)18-10/h10-16H,2-9H2,1H3/t10-,11+,12-,13?/m1/s1. The van der Waals surface area contributed by atoms with Gasteiger partial charge in [-0.05, 0) is 6.42 Å². The van der Waals surface area contributed by atoms with Crippen molar-refractivity contribution in [3.05, 3.63) is 0 Å². The molecule has 5 heteroatoms. The van der Waals surface area contributed by atoms with Crippen molar-refractivity contribution in [2.45, 2.75) is 70.1 Å². The predicted octanol–water partition coefficient (Wildman–Crippen LogP) is 0.802. The van der Waals surface area contributed by atoms with Crippen LogP contribution in [0.3, 0.4) is 0 Å². The fourth-order valence-electron chi connectivity index (χ4n) is 2.05. The number of aliphatic hydroxyl groups excluding tert-OH is 3. The van der Waals surface area contributed by atoms with Crippen LogP contribution in [0.5, 0.6) is 0 Å². The lowest BCUT2D eigenvalue weighted by atomic mass is 10.1. The number of rotatable bonds is 9. The van der Waals surface area contributed by atoms with E-state index in [2.05, 4.69) is 6.92 Å². The first-order chi connectivity index (χ1) is 8.66. The smallest absolute Gasteiger partial charge is 0.184 e. The number of hydrogen-bond acceptors (Lipinski definition) is 5. The third-order valence-electron chi connectivity index (χ3n) is 3.26. The van der Waals surface area contributed by atoms with Gasteiger partial charge in [0.1, 0.15) is 18.3 Å². The summed E-state index contributed by atoms with van der Waals surface area (Å²) in [5.41, 5.74) is 0. The van der Waals surface area contributed by atoms with Gasteiger partial charge >= 0.3 is 0 Å². The van der Waals surface area contributed by atoms with Crippen LogP contribution in [0.4, 0.5) is 0 Å². The summed E-state index contributed by atoms with van der Waals surface area (Å²) in [6, 6.07) is 0. The predicted molar refractivity (Wildman–Crippen MR) is 67.1 cm³/mol. The van der Waals surface area contributed by atoms with Crippen LogP contribution in [0.1, 0.15) is 45.4 Å². The Morgan fingerprint density at radius 1 is 0.944 bits per heavy atom. The summed E-state index contributed by atoms with van der Waals surface area (Å²) in [6.07, 6.45) is 2.97. The molecule has 1 saturated heterocycles. The SMILES string of the molecule is CCCCCCCCOC[C@H]1OC(O)[C@H](O)[C@H]1O. The first-order valence-electron chi connectivity index (χ1n) is 6.94. The fraction of sp³-hybridized carbons (Fsp3) is 1.00. The van der Waals surface area contributed by atoms with Crippen molar-refractivity contribution in [1.82, 2.24) is 0 Å². The van der Waals surface area contributed by atoms with Crippen molar-refractivity contribution >= 4 is 0 Å². The highest BCUT2D eigenvalue weighted by atomic mass is 16.7. The van der Waals surface area contributed by atoms with E-state index in [0.717, 1.165) is 12.8 Å². The third kappa shape index (κ3) is 5.20. The average Bonchev–Trinajstić information content (AvgIpc) is 2.60. The molecule has 4 atom stereocenters. The van der Waals surface area contributed by atoms with E-state index >= 15 is 0 Å². The molecule has 1 aliphatic rings. The Morgan fingerprint density at radius 2 is 1.61 bits per heavy atom. The van der Waals surface area contributed by atoms with Crippen LogP contribution in [0, 0.1) is 0 Å². The van der Waals surface area contributed by atoms with E-state index in [1.807, 2.05) is 0 Å². The van der Waals surface area contributed by atoms with Gasteiger partial charge in [-0.3, -0.25) is 0 Å². The molecule has 18 heavy (non-hydrogen) atoms. The van der Waals surface area contributed by atoms with Gasteiger partial charge in [-0.2, -0.15) is 0 Å². The Labute approximate surface area is 109 Å². The quantitative estimate of drug-likeness (QED) is 0.536. The number of unbranched alkanes of at least 4 members (excludes halogenated alkanes) is 5.